The third kappa shape index (κ3) is 2.20. The number of carbonyl (C=O) groups excluding carboxylic acids is 1. The topological polar surface area (TPSA) is 68.5 Å². The molecule has 18 heavy (non-hydrogen) atoms. The Morgan fingerprint density at radius 1 is 1.50 bits per heavy atom. The first-order valence-electron chi connectivity index (χ1n) is 5.36. The van der Waals surface area contributed by atoms with Crippen molar-refractivity contribution in [2.45, 2.75) is 25.0 Å². The summed E-state index contributed by atoms with van der Waals surface area (Å²) in [6.45, 7) is 2.87. The summed E-state index contributed by atoms with van der Waals surface area (Å²) in [7, 11) is -3.42. The quantitative estimate of drug-likeness (QED) is 0.850. The number of Topliss-reactive ketones (excluding diaryl/α,β-unsaturated/α-hetero) is 1. The Morgan fingerprint density at radius 3 is 2.72 bits per heavy atom. The van der Waals surface area contributed by atoms with Crippen molar-refractivity contribution in [2.75, 3.05) is 6.26 Å². The SMILES string of the molecule is CC(C)(C(=O)Cc1cn2ccsc2n1)S(C)(=O)=O. The van der Waals surface area contributed by atoms with Gasteiger partial charge in [-0.1, -0.05) is 0 Å². The van der Waals surface area contributed by atoms with Crippen LogP contribution in [0.4, 0.5) is 0 Å². The van der Waals surface area contributed by atoms with Gasteiger partial charge in [0.2, 0.25) is 0 Å². The summed E-state index contributed by atoms with van der Waals surface area (Å²) >= 11 is 1.47. The molecule has 0 spiro atoms. The van der Waals surface area contributed by atoms with E-state index in [-0.39, 0.29) is 12.2 Å². The standard InChI is InChI=1S/C11H14N2O3S2/c1-11(2,18(3,15)16)9(14)6-8-7-13-4-5-17-10(13)12-8/h4-5,7H,6H2,1-3H3. The summed E-state index contributed by atoms with van der Waals surface area (Å²) in [5.74, 6) is -0.337. The van der Waals surface area contributed by atoms with E-state index in [1.54, 1.807) is 6.20 Å². The monoisotopic (exact) mass is 286 g/mol. The molecular formula is C11H14N2O3S2. The van der Waals surface area contributed by atoms with Gasteiger partial charge < -0.3 is 0 Å². The van der Waals surface area contributed by atoms with E-state index in [0.717, 1.165) is 11.2 Å². The molecule has 2 aromatic heterocycles. The second-order valence-electron chi connectivity index (χ2n) is 4.71. The molecule has 0 saturated heterocycles. The molecule has 2 aromatic rings. The zero-order valence-electron chi connectivity index (χ0n) is 10.4. The van der Waals surface area contributed by atoms with Crippen LogP contribution in [0.15, 0.2) is 17.8 Å². The third-order valence-corrected chi connectivity index (χ3v) is 5.94. The van der Waals surface area contributed by atoms with E-state index in [1.165, 1.54) is 25.2 Å². The molecule has 5 nitrogen and oxygen atoms in total. The van der Waals surface area contributed by atoms with Crippen molar-refractivity contribution in [3.63, 3.8) is 0 Å². The number of fused-ring (bicyclic) bond motifs is 1. The molecule has 0 aliphatic heterocycles. The minimum absolute atomic E-state index is 0.0362. The van der Waals surface area contributed by atoms with Crippen LogP contribution in [-0.2, 0) is 21.1 Å². The van der Waals surface area contributed by atoms with Crippen LogP contribution in [0.3, 0.4) is 0 Å². The van der Waals surface area contributed by atoms with Crippen LogP contribution >= 0.6 is 11.3 Å². The van der Waals surface area contributed by atoms with E-state index >= 15 is 0 Å². The van der Waals surface area contributed by atoms with Gasteiger partial charge in [0.1, 0.15) is 4.75 Å². The van der Waals surface area contributed by atoms with E-state index in [4.69, 9.17) is 0 Å². The van der Waals surface area contributed by atoms with E-state index in [1.807, 2.05) is 16.0 Å². The van der Waals surface area contributed by atoms with E-state index in [9.17, 15) is 13.2 Å². The number of sulfone groups is 1. The van der Waals surface area contributed by atoms with Gasteiger partial charge in [0, 0.05) is 24.0 Å². The second kappa shape index (κ2) is 4.17. The fraction of sp³-hybridized carbons (Fsp3) is 0.455. The molecule has 0 N–H and O–H groups in total. The lowest BCUT2D eigenvalue weighted by Gasteiger charge is -2.20. The number of rotatable bonds is 4. The van der Waals surface area contributed by atoms with Crippen LogP contribution in [0.25, 0.3) is 4.96 Å². The molecule has 0 aliphatic rings. The Balaban J connectivity index is 2.25. The number of imidazole rings is 1. The highest BCUT2D eigenvalue weighted by Crippen LogP contribution is 2.20. The molecule has 2 heterocycles. The van der Waals surface area contributed by atoms with E-state index in [0.29, 0.717) is 5.69 Å². The molecule has 0 aromatic carbocycles. The number of hydrogen-bond acceptors (Lipinski definition) is 5. The number of thiazole rings is 1. The number of carbonyl (C=O) groups is 1. The summed E-state index contributed by atoms with van der Waals surface area (Å²) in [4.78, 5) is 17.1. The van der Waals surface area contributed by atoms with Crippen LogP contribution in [0.2, 0.25) is 0 Å². The van der Waals surface area contributed by atoms with Gasteiger partial charge in [0.15, 0.2) is 20.6 Å². The van der Waals surface area contributed by atoms with Crippen molar-refractivity contribution in [1.29, 1.82) is 0 Å². The highest BCUT2D eigenvalue weighted by atomic mass is 32.2. The smallest absolute Gasteiger partial charge is 0.193 e. The number of aromatic nitrogens is 2. The maximum atomic E-state index is 12.1. The summed E-state index contributed by atoms with van der Waals surface area (Å²) in [6, 6.07) is 0. The van der Waals surface area contributed by atoms with Gasteiger partial charge in [0.05, 0.1) is 12.1 Å². The lowest BCUT2D eigenvalue weighted by molar-refractivity contribution is -0.120. The molecule has 0 amide bonds. The molecule has 0 atom stereocenters. The van der Waals surface area contributed by atoms with E-state index < -0.39 is 14.6 Å². The summed E-state index contributed by atoms with van der Waals surface area (Å²) in [6.07, 6.45) is 4.72. The van der Waals surface area contributed by atoms with Gasteiger partial charge in [-0.25, -0.2) is 13.4 Å². The first-order valence-corrected chi connectivity index (χ1v) is 8.13. The fourth-order valence-electron chi connectivity index (χ4n) is 1.45. The minimum Gasteiger partial charge on any atom is -0.298 e. The van der Waals surface area contributed by atoms with Crippen LogP contribution < -0.4 is 0 Å². The number of hydrogen-bond donors (Lipinski definition) is 0. The predicted molar refractivity (Wildman–Crippen MR) is 70.7 cm³/mol. The molecule has 0 bridgehead atoms. The first kappa shape index (κ1) is 13.2. The largest absolute Gasteiger partial charge is 0.298 e. The lowest BCUT2D eigenvalue weighted by Crippen LogP contribution is -2.41. The van der Waals surface area contributed by atoms with Crippen molar-refractivity contribution >= 4 is 31.9 Å². The Kier molecular flexibility index (Phi) is 3.06. The molecule has 0 fully saturated rings. The molecule has 0 aliphatic carbocycles. The van der Waals surface area contributed by atoms with Crippen LogP contribution in [0, 0.1) is 0 Å². The van der Waals surface area contributed by atoms with Gasteiger partial charge in [-0.2, -0.15) is 0 Å². The first-order chi connectivity index (χ1) is 8.22. The van der Waals surface area contributed by atoms with Crippen molar-refractivity contribution in [1.82, 2.24) is 9.38 Å². The number of ketones is 1. The molecule has 0 radical (unpaired) electrons. The highest BCUT2D eigenvalue weighted by Gasteiger charge is 2.38. The Bertz CT molecular complexity index is 666. The summed E-state index contributed by atoms with van der Waals surface area (Å²) < 4.78 is 23.6. The van der Waals surface area contributed by atoms with Crippen molar-refractivity contribution in [3.8, 4) is 0 Å². The van der Waals surface area contributed by atoms with Gasteiger partial charge in [-0.3, -0.25) is 9.20 Å². The minimum atomic E-state index is -3.42. The maximum absolute atomic E-state index is 12.1. The molecule has 0 unspecified atom stereocenters. The second-order valence-corrected chi connectivity index (χ2v) is 8.15. The van der Waals surface area contributed by atoms with Crippen LogP contribution in [0.5, 0.6) is 0 Å². The summed E-state index contributed by atoms with van der Waals surface area (Å²) in [5.41, 5.74) is 0.601. The molecule has 7 heteroatoms. The van der Waals surface area contributed by atoms with Gasteiger partial charge in [0.25, 0.3) is 0 Å². The maximum Gasteiger partial charge on any atom is 0.193 e. The van der Waals surface area contributed by atoms with Crippen molar-refractivity contribution in [2.24, 2.45) is 0 Å². The zero-order chi connectivity index (χ0) is 13.6. The summed E-state index contributed by atoms with van der Waals surface area (Å²) in [5, 5.41) is 1.90. The van der Waals surface area contributed by atoms with Crippen LogP contribution in [-0.4, -0.2) is 34.6 Å². The zero-order valence-corrected chi connectivity index (χ0v) is 12.0. The van der Waals surface area contributed by atoms with Crippen LogP contribution in [0.1, 0.15) is 19.5 Å². The fourth-order valence-corrected chi connectivity index (χ4v) is 2.65. The van der Waals surface area contributed by atoms with Gasteiger partial charge >= 0.3 is 0 Å². The average molecular weight is 286 g/mol. The molecular weight excluding hydrogens is 272 g/mol. The third-order valence-electron chi connectivity index (χ3n) is 3.08. The van der Waals surface area contributed by atoms with E-state index in [2.05, 4.69) is 4.98 Å². The Labute approximate surface area is 109 Å². The molecule has 98 valence electrons. The van der Waals surface area contributed by atoms with Crippen molar-refractivity contribution in [3.05, 3.63) is 23.5 Å². The van der Waals surface area contributed by atoms with Gasteiger partial charge in [-0.05, 0) is 13.8 Å². The Hall–Kier alpha value is -1.21. The lowest BCUT2D eigenvalue weighted by atomic mass is 10.0. The highest BCUT2D eigenvalue weighted by molar-refractivity contribution is 7.92. The predicted octanol–water partition coefficient (Wildman–Crippen LogP) is 1.33. The molecule has 0 saturated carbocycles. The van der Waals surface area contributed by atoms with Crippen molar-refractivity contribution < 1.29 is 13.2 Å². The number of nitrogens with zero attached hydrogens (tertiary/aromatic N) is 2. The average Bonchev–Trinajstić information content (AvgIpc) is 2.75. The Morgan fingerprint density at radius 2 is 2.17 bits per heavy atom. The normalized spacial score (nSPS) is 13.1. The van der Waals surface area contributed by atoms with Gasteiger partial charge in [-0.15, -0.1) is 11.3 Å². The molecule has 2 rings (SSSR count).